The average molecular weight is 306 g/mol. The zero-order valence-electron chi connectivity index (χ0n) is 10.8. The number of hydrogen-bond donors (Lipinski definition) is 0. The van der Waals surface area contributed by atoms with Gasteiger partial charge >= 0.3 is 0 Å². The normalized spacial score (nSPS) is 10.4. The molecule has 2 nitrogen and oxygen atoms in total. The molecule has 0 radical (unpaired) electrons. The Morgan fingerprint density at radius 3 is 2.44 bits per heavy atom. The smallest absolute Gasteiger partial charge is 0.152 e. The monoisotopic (exact) mass is 305 g/mol. The summed E-state index contributed by atoms with van der Waals surface area (Å²) < 4.78 is 6.56. The van der Waals surface area contributed by atoms with Crippen molar-refractivity contribution in [3.05, 3.63) is 57.3 Å². The maximum absolute atomic E-state index is 5.81. The molecule has 0 amide bonds. The third-order valence-corrected chi connectivity index (χ3v) is 3.53. The van der Waals surface area contributed by atoms with Crippen molar-refractivity contribution in [2.24, 2.45) is 0 Å². The van der Waals surface area contributed by atoms with E-state index in [1.807, 2.05) is 12.1 Å². The van der Waals surface area contributed by atoms with E-state index in [1.165, 1.54) is 22.3 Å². The van der Waals surface area contributed by atoms with Gasteiger partial charge in [0.2, 0.25) is 0 Å². The van der Waals surface area contributed by atoms with Crippen molar-refractivity contribution in [2.45, 2.75) is 27.4 Å². The van der Waals surface area contributed by atoms with Crippen molar-refractivity contribution in [1.82, 2.24) is 4.98 Å². The average Bonchev–Trinajstić information content (AvgIpc) is 2.30. The number of halogens is 1. The highest BCUT2D eigenvalue weighted by Gasteiger charge is 2.06. The molecular formula is C15H16BrNO. The highest BCUT2D eigenvalue weighted by atomic mass is 79.9. The van der Waals surface area contributed by atoms with Crippen molar-refractivity contribution in [3.8, 4) is 5.75 Å². The number of hydrogen-bond acceptors (Lipinski definition) is 2. The Bertz CT molecular complexity index is 543. The van der Waals surface area contributed by atoms with E-state index >= 15 is 0 Å². The molecule has 0 unspecified atom stereocenters. The predicted molar refractivity (Wildman–Crippen MR) is 76.9 cm³/mol. The van der Waals surface area contributed by atoms with Crippen LogP contribution in [0.1, 0.15) is 22.3 Å². The molecule has 0 atom stereocenters. The maximum Gasteiger partial charge on any atom is 0.152 e. The maximum atomic E-state index is 5.81. The molecule has 0 saturated carbocycles. The predicted octanol–water partition coefficient (Wildman–Crippen LogP) is 4.35. The molecular weight excluding hydrogens is 290 g/mol. The van der Waals surface area contributed by atoms with Crippen LogP contribution in [-0.2, 0) is 6.61 Å². The van der Waals surface area contributed by atoms with Crippen LogP contribution in [0.25, 0.3) is 0 Å². The molecule has 3 heteroatoms. The van der Waals surface area contributed by atoms with Gasteiger partial charge in [0, 0.05) is 6.20 Å². The highest BCUT2D eigenvalue weighted by Crippen LogP contribution is 2.24. The Kier molecular flexibility index (Phi) is 4.02. The van der Waals surface area contributed by atoms with Crippen LogP contribution in [0.2, 0.25) is 0 Å². The van der Waals surface area contributed by atoms with E-state index in [0.717, 1.165) is 10.4 Å². The lowest BCUT2D eigenvalue weighted by Crippen LogP contribution is -2.02. The zero-order valence-corrected chi connectivity index (χ0v) is 12.4. The van der Waals surface area contributed by atoms with E-state index in [0.29, 0.717) is 6.61 Å². The summed E-state index contributed by atoms with van der Waals surface area (Å²) in [5, 5.41) is 0. The summed E-state index contributed by atoms with van der Waals surface area (Å²) in [5.41, 5.74) is 5.08. The third kappa shape index (κ3) is 2.91. The van der Waals surface area contributed by atoms with Crippen LogP contribution in [0.15, 0.2) is 35.1 Å². The van der Waals surface area contributed by atoms with Crippen LogP contribution in [0.5, 0.6) is 5.75 Å². The van der Waals surface area contributed by atoms with Crippen LogP contribution in [0.4, 0.5) is 0 Å². The zero-order chi connectivity index (χ0) is 13.1. The molecule has 0 saturated heterocycles. The van der Waals surface area contributed by atoms with Gasteiger partial charge in [-0.2, -0.15) is 0 Å². The fraction of sp³-hybridized carbons (Fsp3) is 0.267. The molecule has 0 aliphatic carbocycles. The van der Waals surface area contributed by atoms with Gasteiger partial charge in [0.1, 0.15) is 11.2 Å². The van der Waals surface area contributed by atoms with E-state index in [2.05, 4.69) is 53.8 Å². The van der Waals surface area contributed by atoms with E-state index in [4.69, 9.17) is 4.74 Å². The van der Waals surface area contributed by atoms with Gasteiger partial charge in [-0.05, 0) is 65.5 Å². The van der Waals surface area contributed by atoms with E-state index in [1.54, 1.807) is 6.20 Å². The first kappa shape index (κ1) is 13.1. The molecule has 1 aromatic carbocycles. The SMILES string of the molecule is Cc1cc(C)c(COc2cccnc2Br)c(C)c1. The number of ether oxygens (including phenoxy) is 1. The first-order valence-electron chi connectivity index (χ1n) is 5.88. The first-order valence-corrected chi connectivity index (χ1v) is 6.67. The molecule has 0 bridgehead atoms. The summed E-state index contributed by atoms with van der Waals surface area (Å²) in [4.78, 5) is 4.14. The van der Waals surface area contributed by atoms with Crippen LogP contribution >= 0.6 is 15.9 Å². The molecule has 94 valence electrons. The molecule has 0 N–H and O–H groups in total. The molecule has 1 aromatic heterocycles. The summed E-state index contributed by atoms with van der Waals surface area (Å²) in [6.07, 6.45) is 1.74. The Labute approximate surface area is 116 Å². The lowest BCUT2D eigenvalue weighted by Gasteiger charge is -2.13. The summed E-state index contributed by atoms with van der Waals surface area (Å²) in [6, 6.07) is 8.15. The summed E-state index contributed by atoms with van der Waals surface area (Å²) in [7, 11) is 0. The van der Waals surface area contributed by atoms with Crippen molar-refractivity contribution in [3.63, 3.8) is 0 Å². The Hall–Kier alpha value is -1.35. The van der Waals surface area contributed by atoms with Gasteiger partial charge in [0.15, 0.2) is 5.75 Å². The van der Waals surface area contributed by atoms with Gasteiger partial charge in [0.25, 0.3) is 0 Å². The van der Waals surface area contributed by atoms with Gasteiger partial charge in [-0.25, -0.2) is 4.98 Å². The topological polar surface area (TPSA) is 22.1 Å². The van der Waals surface area contributed by atoms with Gasteiger partial charge in [-0.1, -0.05) is 17.7 Å². The number of pyridine rings is 1. The Morgan fingerprint density at radius 1 is 1.17 bits per heavy atom. The number of aromatic nitrogens is 1. The Morgan fingerprint density at radius 2 is 1.83 bits per heavy atom. The van der Waals surface area contributed by atoms with E-state index in [9.17, 15) is 0 Å². The highest BCUT2D eigenvalue weighted by molar-refractivity contribution is 9.10. The van der Waals surface area contributed by atoms with Crippen LogP contribution in [0.3, 0.4) is 0 Å². The minimum atomic E-state index is 0.572. The third-order valence-electron chi connectivity index (χ3n) is 2.94. The Balaban J connectivity index is 2.19. The molecule has 0 spiro atoms. The second-order valence-corrected chi connectivity index (χ2v) is 5.21. The number of nitrogens with zero attached hydrogens (tertiary/aromatic N) is 1. The fourth-order valence-electron chi connectivity index (χ4n) is 2.07. The number of benzene rings is 1. The second kappa shape index (κ2) is 5.53. The summed E-state index contributed by atoms with van der Waals surface area (Å²) in [6.45, 7) is 6.93. The molecule has 1 heterocycles. The first-order chi connectivity index (χ1) is 8.58. The molecule has 0 aliphatic rings. The molecule has 0 fully saturated rings. The number of aryl methyl sites for hydroxylation is 3. The van der Waals surface area contributed by atoms with E-state index in [-0.39, 0.29) is 0 Å². The lowest BCUT2D eigenvalue weighted by molar-refractivity contribution is 0.301. The van der Waals surface area contributed by atoms with Crippen molar-refractivity contribution >= 4 is 15.9 Å². The standard InChI is InChI=1S/C15H16BrNO/c1-10-7-11(2)13(12(3)8-10)9-18-14-5-4-6-17-15(14)16/h4-8H,9H2,1-3H3. The lowest BCUT2D eigenvalue weighted by atomic mass is 10.0. The van der Waals surface area contributed by atoms with Gasteiger partial charge in [-0.3, -0.25) is 0 Å². The van der Waals surface area contributed by atoms with Gasteiger partial charge < -0.3 is 4.74 Å². The minimum Gasteiger partial charge on any atom is -0.486 e. The van der Waals surface area contributed by atoms with Crippen molar-refractivity contribution in [2.75, 3.05) is 0 Å². The van der Waals surface area contributed by atoms with E-state index < -0.39 is 0 Å². The molecule has 2 aromatic rings. The quantitative estimate of drug-likeness (QED) is 0.787. The molecule has 2 rings (SSSR count). The van der Waals surface area contributed by atoms with Gasteiger partial charge in [-0.15, -0.1) is 0 Å². The summed E-state index contributed by atoms with van der Waals surface area (Å²) in [5.74, 6) is 0.775. The van der Waals surface area contributed by atoms with Crippen molar-refractivity contribution in [1.29, 1.82) is 0 Å². The second-order valence-electron chi connectivity index (χ2n) is 4.46. The fourth-order valence-corrected chi connectivity index (χ4v) is 2.43. The summed E-state index contributed by atoms with van der Waals surface area (Å²) >= 11 is 3.38. The van der Waals surface area contributed by atoms with Crippen LogP contribution in [0, 0.1) is 20.8 Å². The van der Waals surface area contributed by atoms with Crippen LogP contribution in [-0.4, -0.2) is 4.98 Å². The van der Waals surface area contributed by atoms with Gasteiger partial charge in [0.05, 0.1) is 0 Å². The minimum absolute atomic E-state index is 0.572. The van der Waals surface area contributed by atoms with Crippen molar-refractivity contribution < 1.29 is 4.74 Å². The molecule has 18 heavy (non-hydrogen) atoms. The largest absolute Gasteiger partial charge is 0.486 e. The van der Waals surface area contributed by atoms with Crippen LogP contribution < -0.4 is 4.74 Å². The number of rotatable bonds is 3. The molecule has 0 aliphatic heterocycles.